The zero-order chi connectivity index (χ0) is 14.9. The zero-order valence-corrected chi connectivity index (χ0v) is 13.9. The van der Waals surface area contributed by atoms with Crippen LogP contribution < -0.4 is 0 Å². The zero-order valence-electron chi connectivity index (χ0n) is 13.0. The van der Waals surface area contributed by atoms with Gasteiger partial charge in [-0.05, 0) is 12.8 Å². The molecule has 0 spiro atoms. The molecule has 0 heterocycles. The normalized spacial score (nSPS) is 10.9. The fourth-order valence-electron chi connectivity index (χ4n) is 1.70. The summed E-state index contributed by atoms with van der Waals surface area (Å²) in [7, 11) is -2.33. The molecule has 0 rings (SSSR count). The van der Waals surface area contributed by atoms with E-state index in [1.807, 2.05) is 0 Å². The predicted octanol–water partition coefficient (Wildman–Crippen LogP) is 5.48. The highest BCUT2D eigenvalue weighted by Crippen LogP contribution is 2.24. The molecule has 0 N–H and O–H groups in total. The molecule has 0 aromatic rings. The molecule has 0 fully saturated rings. The fraction of sp³-hybridized carbons (Fsp3) is 1.00. The summed E-state index contributed by atoms with van der Waals surface area (Å²) in [6, 6.07) is 0. The van der Waals surface area contributed by atoms with E-state index < -0.39 is 8.25 Å². The summed E-state index contributed by atoms with van der Waals surface area (Å²) in [6.45, 7) is 5.22. The second-order valence-corrected chi connectivity index (χ2v) is 5.59. The Labute approximate surface area is 124 Å². The van der Waals surface area contributed by atoms with E-state index >= 15 is 0 Å². The maximum atomic E-state index is 11.2. The van der Waals surface area contributed by atoms with Crippen LogP contribution in [0.1, 0.15) is 78.1 Å². The van der Waals surface area contributed by atoms with Gasteiger partial charge < -0.3 is 0 Å². The second kappa shape index (κ2) is 17.0. The smallest absolute Gasteiger partial charge is 0.187 e. The summed E-state index contributed by atoms with van der Waals surface area (Å²) in [4.78, 5) is 9.59. The van der Waals surface area contributed by atoms with Crippen LogP contribution in [0.15, 0.2) is 0 Å². The standard InChI is InChI=1S/C14H30O5P/c1-3-5-7-9-11-13-16-18-20(15)19-17-14-12-10-8-6-4-2/h3-14H2,1-2H3/q+1. The fourth-order valence-corrected chi connectivity index (χ4v) is 2.05. The minimum atomic E-state index is -2.33. The third kappa shape index (κ3) is 16.0. The van der Waals surface area contributed by atoms with E-state index in [1.54, 1.807) is 0 Å². The summed E-state index contributed by atoms with van der Waals surface area (Å²) in [5.41, 5.74) is 0. The molecule has 0 unspecified atom stereocenters. The lowest BCUT2D eigenvalue weighted by Crippen LogP contribution is -1.95. The molecule has 0 aliphatic heterocycles. The summed E-state index contributed by atoms with van der Waals surface area (Å²) < 4.78 is 20.3. The van der Waals surface area contributed by atoms with Gasteiger partial charge in [0, 0.05) is 4.57 Å². The molecular weight excluding hydrogens is 279 g/mol. The van der Waals surface area contributed by atoms with Crippen molar-refractivity contribution in [1.82, 2.24) is 0 Å². The van der Waals surface area contributed by atoms with Gasteiger partial charge in [0.1, 0.15) is 0 Å². The molecule has 0 radical (unpaired) electrons. The van der Waals surface area contributed by atoms with Crippen LogP contribution in [0.5, 0.6) is 0 Å². The molecule has 0 saturated heterocycles. The third-order valence-corrected chi connectivity index (χ3v) is 3.34. The predicted molar refractivity (Wildman–Crippen MR) is 79.2 cm³/mol. The minimum Gasteiger partial charge on any atom is -0.187 e. The highest BCUT2D eigenvalue weighted by Gasteiger charge is 2.24. The van der Waals surface area contributed by atoms with Gasteiger partial charge in [0.15, 0.2) is 0 Å². The summed E-state index contributed by atoms with van der Waals surface area (Å²) in [5.74, 6) is 0. The molecule has 0 aromatic heterocycles. The van der Waals surface area contributed by atoms with E-state index in [2.05, 4.69) is 23.2 Å². The molecule has 20 heavy (non-hydrogen) atoms. The lowest BCUT2D eigenvalue weighted by Gasteiger charge is -1.98. The highest BCUT2D eigenvalue weighted by molar-refractivity contribution is 7.32. The molecule has 0 amide bonds. The van der Waals surface area contributed by atoms with Crippen molar-refractivity contribution >= 4 is 8.25 Å². The van der Waals surface area contributed by atoms with Crippen LogP contribution in [0.3, 0.4) is 0 Å². The topological polar surface area (TPSA) is 54.0 Å². The van der Waals surface area contributed by atoms with Crippen molar-refractivity contribution in [2.45, 2.75) is 78.1 Å². The lowest BCUT2D eigenvalue weighted by molar-refractivity contribution is -0.259. The Balaban J connectivity index is 3.13. The van der Waals surface area contributed by atoms with Gasteiger partial charge in [-0.2, -0.15) is 9.78 Å². The Kier molecular flexibility index (Phi) is 16.9. The van der Waals surface area contributed by atoms with Crippen LogP contribution in [0.4, 0.5) is 0 Å². The highest BCUT2D eigenvalue weighted by atomic mass is 31.1. The first-order valence-electron chi connectivity index (χ1n) is 7.87. The average molecular weight is 309 g/mol. The lowest BCUT2D eigenvalue weighted by atomic mass is 10.2. The van der Waals surface area contributed by atoms with Crippen molar-refractivity contribution in [3.63, 3.8) is 0 Å². The van der Waals surface area contributed by atoms with Crippen LogP contribution in [0.25, 0.3) is 0 Å². The van der Waals surface area contributed by atoms with Gasteiger partial charge in [-0.1, -0.05) is 65.2 Å². The van der Waals surface area contributed by atoms with Gasteiger partial charge in [-0.3, -0.25) is 0 Å². The van der Waals surface area contributed by atoms with Gasteiger partial charge in [-0.15, -0.1) is 0 Å². The molecular formula is C14H30O5P+. The van der Waals surface area contributed by atoms with Crippen LogP contribution in [-0.4, -0.2) is 13.2 Å². The Morgan fingerprint density at radius 3 is 1.45 bits per heavy atom. The van der Waals surface area contributed by atoms with Gasteiger partial charge in [-0.25, -0.2) is 0 Å². The first-order chi connectivity index (χ1) is 9.81. The van der Waals surface area contributed by atoms with E-state index in [-0.39, 0.29) is 0 Å². The van der Waals surface area contributed by atoms with E-state index in [4.69, 9.17) is 9.78 Å². The van der Waals surface area contributed by atoms with Crippen LogP contribution >= 0.6 is 8.25 Å². The van der Waals surface area contributed by atoms with Crippen molar-refractivity contribution < 1.29 is 23.7 Å². The second-order valence-electron chi connectivity index (χ2n) is 4.85. The average Bonchev–Trinajstić information content (AvgIpc) is 2.45. The SMILES string of the molecule is CCCCCCCOO[P+](=O)OOCCCCCCC. The maximum absolute atomic E-state index is 11.2. The monoisotopic (exact) mass is 309 g/mol. The third-order valence-electron chi connectivity index (χ3n) is 2.89. The first-order valence-corrected chi connectivity index (χ1v) is 8.97. The van der Waals surface area contributed by atoms with Crippen molar-refractivity contribution in [3.8, 4) is 0 Å². The Morgan fingerprint density at radius 2 is 1.05 bits per heavy atom. The Hall–Kier alpha value is -0.0600. The van der Waals surface area contributed by atoms with Gasteiger partial charge in [0.25, 0.3) is 0 Å². The maximum Gasteiger partial charge on any atom is 0.759 e. The quantitative estimate of drug-likeness (QED) is 0.163. The molecule has 0 aliphatic carbocycles. The number of hydrogen-bond donors (Lipinski definition) is 0. The summed E-state index contributed by atoms with van der Waals surface area (Å²) in [6.07, 6.45) is 11.3. The van der Waals surface area contributed by atoms with Crippen LogP contribution in [0, 0.1) is 0 Å². The molecule has 6 heteroatoms. The molecule has 0 aromatic carbocycles. The molecule has 0 saturated carbocycles. The van der Waals surface area contributed by atoms with Crippen molar-refractivity contribution in [2.24, 2.45) is 0 Å². The van der Waals surface area contributed by atoms with Gasteiger partial charge in [0.05, 0.1) is 22.6 Å². The molecule has 0 atom stereocenters. The minimum absolute atomic E-state index is 0.436. The van der Waals surface area contributed by atoms with Gasteiger partial charge in [0.2, 0.25) is 0 Å². The van der Waals surface area contributed by atoms with Crippen molar-refractivity contribution in [3.05, 3.63) is 0 Å². The summed E-state index contributed by atoms with van der Waals surface area (Å²) >= 11 is 0. The largest absolute Gasteiger partial charge is 0.759 e. The summed E-state index contributed by atoms with van der Waals surface area (Å²) in [5, 5.41) is 0. The van der Waals surface area contributed by atoms with Crippen molar-refractivity contribution in [2.75, 3.05) is 13.2 Å². The number of unbranched alkanes of at least 4 members (excludes halogenated alkanes) is 8. The number of rotatable bonds is 16. The molecule has 0 bridgehead atoms. The van der Waals surface area contributed by atoms with E-state index in [1.165, 1.54) is 38.5 Å². The van der Waals surface area contributed by atoms with E-state index in [0.717, 1.165) is 25.7 Å². The van der Waals surface area contributed by atoms with E-state index in [0.29, 0.717) is 13.2 Å². The van der Waals surface area contributed by atoms with E-state index in [9.17, 15) is 4.57 Å². The number of hydrogen-bond acceptors (Lipinski definition) is 5. The first kappa shape index (κ1) is 19.9. The Bertz CT molecular complexity index is 194. The van der Waals surface area contributed by atoms with Crippen LogP contribution in [-0.2, 0) is 23.7 Å². The molecule has 120 valence electrons. The molecule has 0 aliphatic rings. The Morgan fingerprint density at radius 1 is 0.650 bits per heavy atom. The molecule has 5 nitrogen and oxygen atoms in total. The van der Waals surface area contributed by atoms with Crippen molar-refractivity contribution in [1.29, 1.82) is 0 Å². The van der Waals surface area contributed by atoms with Crippen LogP contribution in [0.2, 0.25) is 0 Å². The van der Waals surface area contributed by atoms with Gasteiger partial charge >= 0.3 is 8.25 Å².